The highest BCUT2D eigenvalue weighted by molar-refractivity contribution is 7.85. The predicted octanol–water partition coefficient (Wildman–Crippen LogP) is 7.55. The molecule has 42 heavy (non-hydrogen) atoms. The van der Waals surface area contributed by atoms with Gasteiger partial charge in [0.05, 0.1) is 38.0 Å². The van der Waals surface area contributed by atoms with Gasteiger partial charge in [-0.05, 0) is 49.3 Å². The van der Waals surface area contributed by atoms with E-state index in [0.29, 0.717) is 0 Å². The highest BCUT2D eigenvalue weighted by atomic mass is 32.2. The number of hydrogen-bond donors (Lipinski definition) is 2. The molecule has 0 aromatic heterocycles. The number of nitrogens with one attached hydrogen (secondary N) is 1. The number of rotatable bonds is 19. The molecule has 2 aromatic carbocycles. The zero-order valence-electron chi connectivity index (χ0n) is 26.2. The number of benzene rings is 2. The maximum Gasteiger partial charge on any atom is 0.407 e. The van der Waals surface area contributed by atoms with Gasteiger partial charge >= 0.3 is 6.09 Å². The van der Waals surface area contributed by atoms with Gasteiger partial charge in [-0.2, -0.15) is 8.42 Å². The van der Waals surface area contributed by atoms with Crippen LogP contribution in [0.3, 0.4) is 0 Å². The largest absolute Gasteiger partial charge is 0.445 e. The first-order valence-electron chi connectivity index (χ1n) is 15.6. The van der Waals surface area contributed by atoms with Crippen LogP contribution in [0, 0.1) is 5.82 Å². The van der Waals surface area contributed by atoms with Crippen molar-refractivity contribution in [2.24, 2.45) is 0 Å². The standard InChI is InChI=1S/C17H18FNO5S.C16H36N/c18-16-9-5-4-8-14(16)10-15(12-25(21,22)23)19-17(20)24-11-13-6-2-1-3-7-13;1-5-9-13-17(14-10-6-2,15-11-7-3)16-12-8-4/h1-9,15H,10-12H2,(H,19,20)(H,21,22,23);5-16H2,1-4H3/q;+1/t15-;/m1./s1. The molecule has 0 unspecified atom stereocenters. The van der Waals surface area contributed by atoms with Crippen LogP contribution >= 0.6 is 0 Å². The molecule has 0 fully saturated rings. The molecule has 7 nitrogen and oxygen atoms in total. The minimum Gasteiger partial charge on any atom is -0.445 e. The van der Waals surface area contributed by atoms with E-state index in [0.717, 1.165) is 5.56 Å². The molecule has 0 radical (unpaired) electrons. The van der Waals surface area contributed by atoms with E-state index in [4.69, 9.17) is 9.29 Å². The molecule has 0 spiro atoms. The molecule has 0 saturated carbocycles. The van der Waals surface area contributed by atoms with E-state index in [2.05, 4.69) is 33.0 Å². The van der Waals surface area contributed by atoms with Gasteiger partial charge in [-0.25, -0.2) is 9.18 Å². The van der Waals surface area contributed by atoms with Gasteiger partial charge in [0.15, 0.2) is 0 Å². The van der Waals surface area contributed by atoms with Crippen molar-refractivity contribution >= 4 is 16.2 Å². The first-order chi connectivity index (χ1) is 20.1. The minimum atomic E-state index is -4.36. The van der Waals surface area contributed by atoms with E-state index in [-0.39, 0.29) is 18.6 Å². The predicted molar refractivity (Wildman–Crippen MR) is 169 cm³/mol. The molecule has 0 bridgehead atoms. The van der Waals surface area contributed by atoms with E-state index in [1.807, 2.05) is 6.07 Å². The number of alkyl carbamates (subject to hydrolysis) is 1. The Labute approximate surface area is 254 Å². The monoisotopic (exact) mass is 609 g/mol. The molecule has 1 amide bonds. The molecule has 2 aromatic rings. The Morgan fingerprint density at radius 2 is 1.31 bits per heavy atom. The molecule has 2 rings (SSSR count). The topological polar surface area (TPSA) is 92.7 Å². The van der Waals surface area contributed by atoms with Gasteiger partial charge in [-0.1, -0.05) is 102 Å². The number of carbonyl (C=O) groups excluding carboxylic acids is 1. The molecule has 0 heterocycles. The third kappa shape index (κ3) is 16.8. The maximum absolute atomic E-state index is 13.7. The van der Waals surface area contributed by atoms with E-state index in [9.17, 15) is 17.6 Å². The molecule has 2 N–H and O–H groups in total. The summed E-state index contributed by atoms with van der Waals surface area (Å²) >= 11 is 0. The Balaban J connectivity index is 0.000000456. The van der Waals surface area contributed by atoms with Crippen LogP contribution in [0.2, 0.25) is 0 Å². The molecule has 9 heteroatoms. The van der Waals surface area contributed by atoms with Gasteiger partial charge in [-0.15, -0.1) is 0 Å². The normalized spacial score (nSPS) is 12.2. The van der Waals surface area contributed by atoms with Crippen LogP contribution in [0.25, 0.3) is 0 Å². The van der Waals surface area contributed by atoms with E-state index in [1.54, 1.807) is 30.3 Å². The van der Waals surface area contributed by atoms with Crippen molar-refractivity contribution in [3.05, 3.63) is 71.5 Å². The summed E-state index contributed by atoms with van der Waals surface area (Å²) in [5, 5.41) is 2.35. The zero-order chi connectivity index (χ0) is 31.3. The maximum atomic E-state index is 13.7. The van der Waals surface area contributed by atoms with Crippen molar-refractivity contribution in [3.63, 3.8) is 0 Å². The second-order valence-corrected chi connectivity index (χ2v) is 12.6. The Morgan fingerprint density at radius 1 is 0.833 bits per heavy atom. The van der Waals surface area contributed by atoms with Crippen LogP contribution in [0.4, 0.5) is 9.18 Å². The van der Waals surface area contributed by atoms with Crippen molar-refractivity contribution in [1.82, 2.24) is 5.32 Å². The van der Waals surface area contributed by atoms with Crippen molar-refractivity contribution < 1.29 is 31.4 Å². The van der Waals surface area contributed by atoms with Crippen molar-refractivity contribution in [1.29, 1.82) is 0 Å². The molecule has 0 aliphatic heterocycles. The highest BCUT2D eigenvalue weighted by Gasteiger charge is 2.25. The van der Waals surface area contributed by atoms with Crippen molar-refractivity contribution in [2.75, 3.05) is 31.9 Å². The van der Waals surface area contributed by atoms with Crippen LogP contribution in [-0.4, -0.2) is 61.5 Å². The summed E-state index contributed by atoms with van der Waals surface area (Å²) in [6, 6.07) is 13.7. The van der Waals surface area contributed by atoms with Crippen molar-refractivity contribution in [2.45, 2.75) is 98.1 Å². The zero-order valence-corrected chi connectivity index (χ0v) is 27.0. The number of ether oxygens (including phenoxy) is 1. The number of halogens is 1. The summed E-state index contributed by atoms with van der Waals surface area (Å²) in [5.74, 6) is -1.27. The molecule has 0 aliphatic rings. The second-order valence-electron chi connectivity index (χ2n) is 11.1. The Bertz CT molecular complexity index is 1060. The fraction of sp³-hybridized carbons (Fsp3) is 0.606. The average molecular weight is 610 g/mol. The van der Waals surface area contributed by atoms with Gasteiger partial charge in [0.1, 0.15) is 12.4 Å². The molecule has 238 valence electrons. The molecule has 1 atom stereocenters. The van der Waals surface area contributed by atoms with Crippen molar-refractivity contribution in [3.8, 4) is 0 Å². The summed E-state index contributed by atoms with van der Waals surface area (Å²) in [5.41, 5.74) is 0.984. The van der Waals surface area contributed by atoms with Crippen LogP contribution in [-0.2, 0) is 27.9 Å². The molecular formula is C33H54FN2O5S+. The number of nitrogens with zero attached hydrogens (tertiary/aromatic N) is 1. The fourth-order valence-corrected chi connectivity index (χ4v) is 5.62. The Morgan fingerprint density at radius 3 is 1.76 bits per heavy atom. The average Bonchev–Trinajstić information content (AvgIpc) is 2.96. The van der Waals surface area contributed by atoms with Gasteiger partial charge < -0.3 is 14.5 Å². The number of carbonyl (C=O) groups is 1. The molecule has 0 saturated heterocycles. The summed E-state index contributed by atoms with van der Waals surface area (Å²) in [7, 11) is -4.36. The van der Waals surface area contributed by atoms with Crippen LogP contribution < -0.4 is 5.32 Å². The summed E-state index contributed by atoms with van der Waals surface area (Å²) in [6.45, 7) is 15.0. The molecule has 0 aliphatic carbocycles. The quantitative estimate of drug-likeness (QED) is 0.127. The Kier molecular flexibility index (Phi) is 19.0. The van der Waals surface area contributed by atoms with Crippen LogP contribution in [0.5, 0.6) is 0 Å². The van der Waals surface area contributed by atoms with Crippen LogP contribution in [0.15, 0.2) is 54.6 Å². The van der Waals surface area contributed by atoms with Gasteiger partial charge in [0.25, 0.3) is 10.1 Å². The number of quaternary nitrogens is 1. The fourth-order valence-electron chi connectivity index (χ4n) is 4.91. The van der Waals surface area contributed by atoms with Gasteiger partial charge in [-0.3, -0.25) is 4.55 Å². The Hall–Kier alpha value is -2.49. The lowest BCUT2D eigenvalue weighted by atomic mass is 10.1. The molecular weight excluding hydrogens is 555 g/mol. The highest BCUT2D eigenvalue weighted by Crippen LogP contribution is 2.16. The first-order valence-corrected chi connectivity index (χ1v) is 17.2. The second kappa shape index (κ2) is 21.2. The third-order valence-electron chi connectivity index (χ3n) is 7.31. The van der Waals surface area contributed by atoms with E-state index in [1.165, 1.54) is 100 Å². The van der Waals surface area contributed by atoms with Crippen LogP contribution in [0.1, 0.15) is 90.2 Å². The van der Waals surface area contributed by atoms with E-state index < -0.39 is 33.8 Å². The SMILES string of the molecule is CCCC[N+](CCCC)(CCCC)CCCC.O=C(N[C@H](Cc1ccccc1F)CS(=O)(=O)O)OCc1ccccc1. The number of unbranched alkanes of at least 4 members (excludes halogenated alkanes) is 4. The summed E-state index contributed by atoms with van der Waals surface area (Å²) in [4.78, 5) is 11.9. The van der Waals surface area contributed by atoms with E-state index >= 15 is 0 Å². The summed E-state index contributed by atoms with van der Waals surface area (Å²) < 4.78 is 51.5. The lowest BCUT2D eigenvalue weighted by Crippen LogP contribution is -2.50. The minimum absolute atomic E-state index is 0.00493. The number of amides is 1. The number of hydrogen-bond acceptors (Lipinski definition) is 4. The first kappa shape index (κ1) is 37.5. The van der Waals surface area contributed by atoms with Gasteiger partial charge in [0, 0.05) is 0 Å². The lowest BCUT2D eigenvalue weighted by molar-refractivity contribution is -0.929. The summed E-state index contributed by atoms with van der Waals surface area (Å²) in [6.07, 6.45) is 10.1. The smallest absolute Gasteiger partial charge is 0.407 e. The third-order valence-corrected chi connectivity index (χ3v) is 8.14. The van der Waals surface area contributed by atoms with Gasteiger partial charge in [0.2, 0.25) is 0 Å². The lowest BCUT2D eigenvalue weighted by Gasteiger charge is -2.39.